The van der Waals surface area contributed by atoms with E-state index in [0.29, 0.717) is 11.9 Å². The quantitative estimate of drug-likeness (QED) is 0.770. The van der Waals surface area contributed by atoms with Crippen LogP contribution >= 0.6 is 0 Å². The summed E-state index contributed by atoms with van der Waals surface area (Å²) in [6.07, 6.45) is 1.10. The Kier molecular flexibility index (Phi) is 5.25. The van der Waals surface area contributed by atoms with Crippen LogP contribution in [0.2, 0.25) is 0 Å². The maximum absolute atomic E-state index is 5.63. The molecule has 92 valence electrons. The molecule has 0 aliphatic rings. The Labute approximate surface area is 97.2 Å². The molecule has 1 rings (SSSR count). The predicted octanol–water partition coefficient (Wildman–Crippen LogP) is 1.98. The van der Waals surface area contributed by atoms with Gasteiger partial charge in [-0.1, -0.05) is 12.0 Å². The van der Waals surface area contributed by atoms with Crippen LogP contribution in [0.25, 0.3) is 0 Å². The van der Waals surface area contributed by atoms with Crippen LogP contribution in [0.1, 0.15) is 46.0 Å². The fourth-order valence-electron chi connectivity index (χ4n) is 1.47. The number of hydrogen-bond acceptors (Lipinski definition) is 5. The van der Waals surface area contributed by atoms with Crippen LogP contribution in [0.15, 0.2) is 4.42 Å². The zero-order chi connectivity index (χ0) is 12.0. The number of nitrogens with one attached hydrogen (secondary N) is 1. The van der Waals surface area contributed by atoms with Gasteiger partial charge in [0.25, 0.3) is 0 Å². The van der Waals surface area contributed by atoms with Crippen molar-refractivity contribution >= 4 is 6.01 Å². The van der Waals surface area contributed by atoms with E-state index in [9.17, 15) is 0 Å². The Hall–Kier alpha value is -1.10. The lowest BCUT2D eigenvalue weighted by Crippen LogP contribution is -2.22. The molecule has 1 aromatic heterocycles. The van der Waals surface area contributed by atoms with Crippen LogP contribution in [-0.2, 0) is 0 Å². The average molecular weight is 226 g/mol. The van der Waals surface area contributed by atoms with E-state index in [0.717, 1.165) is 26.1 Å². The number of hydrogen-bond donors (Lipinski definition) is 1. The van der Waals surface area contributed by atoms with Crippen molar-refractivity contribution in [2.45, 2.75) is 40.2 Å². The second kappa shape index (κ2) is 6.48. The molecule has 5 heteroatoms. The molecule has 0 fully saturated rings. The smallest absolute Gasteiger partial charge is 0.318 e. The van der Waals surface area contributed by atoms with Crippen molar-refractivity contribution in [1.29, 1.82) is 0 Å². The van der Waals surface area contributed by atoms with Gasteiger partial charge in [0.1, 0.15) is 0 Å². The Balaban J connectivity index is 2.62. The molecule has 0 aliphatic carbocycles. The summed E-state index contributed by atoms with van der Waals surface area (Å²) in [6.45, 7) is 11.1. The molecule has 1 heterocycles. The third-order valence-corrected chi connectivity index (χ3v) is 2.53. The van der Waals surface area contributed by atoms with E-state index in [1.165, 1.54) is 0 Å². The Morgan fingerprint density at radius 2 is 1.94 bits per heavy atom. The molecule has 0 amide bonds. The molecule has 0 aromatic carbocycles. The van der Waals surface area contributed by atoms with E-state index in [4.69, 9.17) is 4.42 Å². The van der Waals surface area contributed by atoms with Crippen LogP contribution in [0.5, 0.6) is 0 Å². The zero-order valence-electron chi connectivity index (χ0n) is 10.7. The highest BCUT2D eigenvalue weighted by atomic mass is 16.4. The van der Waals surface area contributed by atoms with Gasteiger partial charge < -0.3 is 14.6 Å². The Bertz CT molecular complexity index is 296. The molecule has 0 saturated heterocycles. The molecule has 0 spiro atoms. The van der Waals surface area contributed by atoms with Crippen LogP contribution in [-0.4, -0.2) is 29.8 Å². The molecule has 0 bridgehead atoms. The molecular formula is C11H22N4O. The number of aromatic nitrogens is 2. The number of anilines is 1. The largest absolute Gasteiger partial charge is 0.406 e. The molecule has 16 heavy (non-hydrogen) atoms. The van der Waals surface area contributed by atoms with E-state index in [1.807, 2.05) is 11.8 Å². The van der Waals surface area contributed by atoms with Crippen molar-refractivity contribution in [3.63, 3.8) is 0 Å². The molecule has 1 atom stereocenters. The fourth-order valence-corrected chi connectivity index (χ4v) is 1.47. The second-order valence-electron chi connectivity index (χ2n) is 3.77. The van der Waals surface area contributed by atoms with Gasteiger partial charge >= 0.3 is 6.01 Å². The number of nitrogens with zero attached hydrogens (tertiary/aromatic N) is 3. The zero-order valence-corrected chi connectivity index (χ0v) is 10.7. The van der Waals surface area contributed by atoms with E-state index in [2.05, 4.69) is 36.3 Å². The van der Waals surface area contributed by atoms with Crippen LogP contribution in [0.4, 0.5) is 6.01 Å². The highest BCUT2D eigenvalue weighted by Gasteiger charge is 2.15. The first-order valence-electron chi connectivity index (χ1n) is 6.04. The summed E-state index contributed by atoms with van der Waals surface area (Å²) < 4.78 is 5.63. The Morgan fingerprint density at radius 3 is 2.50 bits per heavy atom. The van der Waals surface area contributed by atoms with Gasteiger partial charge in [-0.25, -0.2) is 0 Å². The predicted molar refractivity (Wildman–Crippen MR) is 64.6 cm³/mol. The topological polar surface area (TPSA) is 54.2 Å². The lowest BCUT2D eigenvalue weighted by Gasteiger charge is -2.14. The third-order valence-electron chi connectivity index (χ3n) is 2.53. The first-order valence-corrected chi connectivity index (χ1v) is 6.04. The summed E-state index contributed by atoms with van der Waals surface area (Å²) in [4.78, 5) is 2.04. The van der Waals surface area contributed by atoms with Crippen molar-refractivity contribution in [1.82, 2.24) is 15.5 Å². The van der Waals surface area contributed by atoms with Gasteiger partial charge in [-0.15, -0.1) is 5.10 Å². The highest BCUT2D eigenvalue weighted by Crippen LogP contribution is 2.16. The van der Waals surface area contributed by atoms with Crippen molar-refractivity contribution in [2.75, 3.05) is 24.5 Å². The van der Waals surface area contributed by atoms with Gasteiger partial charge in [0.15, 0.2) is 0 Å². The van der Waals surface area contributed by atoms with Crippen LogP contribution < -0.4 is 10.2 Å². The van der Waals surface area contributed by atoms with Gasteiger partial charge in [-0.05, 0) is 33.7 Å². The molecule has 5 nitrogen and oxygen atoms in total. The van der Waals surface area contributed by atoms with Crippen LogP contribution in [0.3, 0.4) is 0 Å². The van der Waals surface area contributed by atoms with Gasteiger partial charge in [0.2, 0.25) is 5.89 Å². The van der Waals surface area contributed by atoms with Crippen molar-refractivity contribution in [3.05, 3.63) is 5.89 Å². The van der Waals surface area contributed by atoms with E-state index >= 15 is 0 Å². The normalized spacial score (nSPS) is 12.8. The van der Waals surface area contributed by atoms with Gasteiger partial charge in [0, 0.05) is 13.1 Å². The third kappa shape index (κ3) is 3.20. The van der Waals surface area contributed by atoms with E-state index in [1.54, 1.807) is 0 Å². The summed E-state index contributed by atoms with van der Waals surface area (Å²) in [6, 6.07) is 0.738. The molecule has 1 unspecified atom stereocenters. The summed E-state index contributed by atoms with van der Waals surface area (Å²) in [5, 5.41) is 11.4. The summed E-state index contributed by atoms with van der Waals surface area (Å²) in [5.41, 5.74) is 0. The van der Waals surface area contributed by atoms with Gasteiger partial charge in [-0.3, -0.25) is 0 Å². The standard InChI is InChI=1S/C11H22N4O/c1-5-8-12-9(4)10-13-14-11(16-10)15(6-2)7-3/h9,12H,5-8H2,1-4H3. The SMILES string of the molecule is CCCNC(C)c1nnc(N(CC)CC)o1. The Morgan fingerprint density at radius 1 is 1.25 bits per heavy atom. The monoisotopic (exact) mass is 226 g/mol. The van der Waals surface area contributed by atoms with Gasteiger partial charge in [0.05, 0.1) is 6.04 Å². The minimum atomic E-state index is 0.122. The summed E-state index contributed by atoms with van der Waals surface area (Å²) in [7, 11) is 0. The molecule has 0 radical (unpaired) electrons. The molecule has 1 N–H and O–H groups in total. The van der Waals surface area contributed by atoms with Crippen molar-refractivity contribution in [3.8, 4) is 0 Å². The van der Waals surface area contributed by atoms with Crippen LogP contribution in [0, 0.1) is 0 Å². The molecule has 0 aliphatic heterocycles. The number of rotatable bonds is 7. The van der Waals surface area contributed by atoms with E-state index in [-0.39, 0.29) is 6.04 Å². The maximum atomic E-state index is 5.63. The fraction of sp³-hybridized carbons (Fsp3) is 0.818. The van der Waals surface area contributed by atoms with Crippen molar-refractivity contribution in [2.24, 2.45) is 0 Å². The highest BCUT2D eigenvalue weighted by molar-refractivity contribution is 5.23. The lowest BCUT2D eigenvalue weighted by atomic mass is 10.3. The molecule has 0 saturated carbocycles. The molecular weight excluding hydrogens is 204 g/mol. The van der Waals surface area contributed by atoms with E-state index < -0.39 is 0 Å². The average Bonchev–Trinajstić information content (AvgIpc) is 2.77. The maximum Gasteiger partial charge on any atom is 0.318 e. The minimum Gasteiger partial charge on any atom is -0.406 e. The minimum absolute atomic E-state index is 0.122. The lowest BCUT2D eigenvalue weighted by molar-refractivity contribution is 0.415. The summed E-state index contributed by atoms with van der Waals surface area (Å²) in [5.74, 6) is 0.662. The molecule has 1 aromatic rings. The van der Waals surface area contributed by atoms with Crippen molar-refractivity contribution < 1.29 is 4.42 Å². The second-order valence-corrected chi connectivity index (χ2v) is 3.77. The first-order chi connectivity index (χ1) is 7.72. The first kappa shape index (κ1) is 13.0. The summed E-state index contributed by atoms with van der Waals surface area (Å²) >= 11 is 0. The van der Waals surface area contributed by atoms with Gasteiger partial charge in [-0.2, -0.15) is 0 Å².